The lowest BCUT2D eigenvalue weighted by Gasteiger charge is -2.09. The molecule has 0 atom stereocenters. The van der Waals surface area contributed by atoms with Crippen LogP contribution in [-0.2, 0) is 6.54 Å². The number of unbranched alkanes of at least 4 members (excludes halogenated alkanes) is 2. The van der Waals surface area contributed by atoms with Crippen LogP contribution < -0.4 is 5.73 Å². The van der Waals surface area contributed by atoms with Gasteiger partial charge in [0.25, 0.3) is 0 Å². The average molecular weight is 288 g/mol. The van der Waals surface area contributed by atoms with Gasteiger partial charge in [0, 0.05) is 17.8 Å². The van der Waals surface area contributed by atoms with Gasteiger partial charge in [0.1, 0.15) is 5.69 Å². The number of carboxylic acids is 1. The van der Waals surface area contributed by atoms with E-state index in [0.717, 1.165) is 30.4 Å². The summed E-state index contributed by atoms with van der Waals surface area (Å²) in [5, 5.41) is 17.1. The zero-order valence-corrected chi connectivity index (χ0v) is 12.3. The van der Waals surface area contributed by atoms with Crippen molar-refractivity contribution in [2.45, 2.75) is 39.7 Å². The minimum Gasteiger partial charge on any atom is -0.476 e. The van der Waals surface area contributed by atoms with Gasteiger partial charge in [0.15, 0.2) is 5.69 Å². The Hall–Kier alpha value is -2.37. The summed E-state index contributed by atoms with van der Waals surface area (Å²) in [4.78, 5) is 11.3. The van der Waals surface area contributed by atoms with Crippen molar-refractivity contribution in [1.82, 2.24) is 15.0 Å². The van der Waals surface area contributed by atoms with Crippen molar-refractivity contribution in [2.24, 2.45) is 0 Å². The van der Waals surface area contributed by atoms with Crippen molar-refractivity contribution in [1.29, 1.82) is 0 Å². The molecule has 112 valence electrons. The number of benzene rings is 1. The van der Waals surface area contributed by atoms with Crippen LogP contribution in [-0.4, -0.2) is 26.1 Å². The average Bonchev–Trinajstić information content (AvgIpc) is 2.86. The number of aryl methyl sites for hydroxylation is 2. The maximum atomic E-state index is 11.3. The van der Waals surface area contributed by atoms with E-state index in [1.54, 1.807) is 10.7 Å². The van der Waals surface area contributed by atoms with Gasteiger partial charge in [-0.15, -0.1) is 5.10 Å². The Morgan fingerprint density at radius 1 is 1.38 bits per heavy atom. The standard InChI is InChI=1S/C15H20N4O2/c1-3-4-5-8-19-14(13(15(20)21)17-18-19)11-7-6-10(2)12(16)9-11/h6-7,9H,3-5,8,16H2,1-2H3,(H,20,21). The molecule has 0 spiro atoms. The van der Waals surface area contributed by atoms with E-state index in [-0.39, 0.29) is 5.69 Å². The number of anilines is 1. The molecule has 1 heterocycles. The van der Waals surface area contributed by atoms with Crippen molar-refractivity contribution in [3.05, 3.63) is 29.5 Å². The van der Waals surface area contributed by atoms with Crippen LogP contribution in [0.2, 0.25) is 0 Å². The summed E-state index contributed by atoms with van der Waals surface area (Å²) < 4.78 is 1.66. The van der Waals surface area contributed by atoms with Crippen LogP contribution in [0.15, 0.2) is 18.2 Å². The van der Waals surface area contributed by atoms with E-state index in [1.807, 2.05) is 19.1 Å². The first-order valence-corrected chi connectivity index (χ1v) is 7.07. The molecule has 2 rings (SSSR count). The number of nitrogens with zero attached hydrogens (tertiary/aromatic N) is 3. The van der Waals surface area contributed by atoms with Gasteiger partial charge in [0.2, 0.25) is 0 Å². The number of nitrogen functional groups attached to an aromatic ring is 1. The van der Waals surface area contributed by atoms with Gasteiger partial charge >= 0.3 is 5.97 Å². The summed E-state index contributed by atoms with van der Waals surface area (Å²) in [6.45, 7) is 4.68. The molecule has 6 nitrogen and oxygen atoms in total. The minimum atomic E-state index is -1.08. The first-order chi connectivity index (χ1) is 10.0. The topological polar surface area (TPSA) is 94.0 Å². The largest absolute Gasteiger partial charge is 0.476 e. The molecular weight excluding hydrogens is 268 g/mol. The van der Waals surface area contributed by atoms with Crippen LogP contribution in [0.3, 0.4) is 0 Å². The van der Waals surface area contributed by atoms with Gasteiger partial charge < -0.3 is 10.8 Å². The van der Waals surface area contributed by atoms with Crippen molar-refractivity contribution in [3.8, 4) is 11.3 Å². The lowest BCUT2D eigenvalue weighted by molar-refractivity contribution is 0.0691. The SMILES string of the molecule is CCCCCn1nnc(C(=O)O)c1-c1ccc(C)c(N)c1. The van der Waals surface area contributed by atoms with E-state index in [2.05, 4.69) is 17.2 Å². The summed E-state index contributed by atoms with van der Waals surface area (Å²) in [6.07, 6.45) is 3.10. The molecule has 0 aliphatic heterocycles. The third-order valence-corrected chi connectivity index (χ3v) is 3.46. The normalized spacial score (nSPS) is 10.8. The lowest BCUT2D eigenvalue weighted by Crippen LogP contribution is -2.05. The second-order valence-corrected chi connectivity index (χ2v) is 5.09. The Morgan fingerprint density at radius 2 is 2.14 bits per heavy atom. The fraction of sp³-hybridized carbons (Fsp3) is 0.400. The monoisotopic (exact) mass is 288 g/mol. The number of aromatic carboxylic acids is 1. The summed E-state index contributed by atoms with van der Waals surface area (Å²) in [7, 11) is 0. The molecule has 1 aromatic heterocycles. The summed E-state index contributed by atoms with van der Waals surface area (Å²) >= 11 is 0. The molecule has 1 aromatic carbocycles. The summed E-state index contributed by atoms with van der Waals surface area (Å²) in [6, 6.07) is 5.50. The number of carbonyl (C=O) groups is 1. The van der Waals surface area contributed by atoms with Gasteiger partial charge in [0.05, 0.1) is 0 Å². The van der Waals surface area contributed by atoms with Gasteiger partial charge in [-0.25, -0.2) is 9.48 Å². The number of carboxylic acid groups (broad SMARTS) is 1. The van der Waals surface area contributed by atoms with E-state index in [1.165, 1.54) is 0 Å². The first kappa shape index (κ1) is 15.0. The van der Waals surface area contributed by atoms with Crippen LogP contribution in [0.1, 0.15) is 42.2 Å². The Balaban J connectivity index is 2.44. The second kappa shape index (κ2) is 6.39. The molecule has 0 unspecified atom stereocenters. The summed E-state index contributed by atoms with van der Waals surface area (Å²) in [5.74, 6) is -1.08. The van der Waals surface area contributed by atoms with Gasteiger partial charge in [-0.05, 0) is 25.0 Å². The van der Waals surface area contributed by atoms with E-state index in [4.69, 9.17) is 5.73 Å². The van der Waals surface area contributed by atoms with Gasteiger partial charge in [-0.2, -0.15) is 0 Å². The molecule has 0 amide bonds. The van der Waals surface area contributed by atoms with E-state index in [9.17, 15) is 9.90 Å². The lowest BCUT2D eigenvalue weighted by atomic mass is 10.1. The fourth-order valence-electron chi connectivity index (χ4n) is 2.20. The molecule has 0 aliphatic rings. The van der Waals surface area contributed by atoms with Crippen LogP contribution >= 0.6 is 0 Å². The van der Waals surface area contributed by atoms with Crippen molar-refractivity contribution in [3.63, 3.8) is 0 Å². The molecule has 0 saturated carbocycles. The van der Waals surface area contributed by atoms with E-state index < -0.39 is 5.97 Å². The summed E-state index contributed by atoms with van der Waals surface area (Å²) in [5.41, 5.74) is 8.74. The fourth-order valence-corrected chi connectivity index (χ4v) is 2.20. The number of hydrogen-bond acceptors (Lipinski definition) is 4. The number of hydrogen-bond donors (Lipinski definition) is 2. The highest BCUT2D eigenvalue weighted by molar-refractivity contribution is 5.93. The molecular formula is C15H20N4O2. The molecule has 3 N–H and O–H groups in total. The molecule has 21 heavy (non-hydrogen) atoms. The maximum Gasteiger partial charge on any atom is 0.358 e. The molecule has 0 bridgehead atoms. The van der Waals surface area contributed by atoms with Gasteiger partial charge in [-0.3, -0.25) is 0 Å². The van der Waals surface area contributed by atoms with Crippen molar-refractivity contribution in [2.75, 3.05) is 5.73 Å². The molecule has 0 aliphatic carbocycles. The van der Waals surface area contributed by atoms with Crippen LogP contribution in [0.5, 0.6) is 0 Å². The highest BCUT2D eigenvalue weighted by Crippen LogP contribution is 2.26. The molecule has 0 radical (unpaired) electrons. The Bertz CT molecular complexity index is 649. The zero-order chi connectivity index (χ0) is 15.4. The number of aromatic nitrogens is 3. The molecule has 0 saturated heterocycles. The molecule has 0 fully saturated rings. The van der Waals surface area contributed by atoms with Gasteiger partial charge in [-0.1, -0.05) is 37.1 Å². The zero-order valence-electron chi connectivity index (χ0n) is 12.3. The van der Waals surface area contributed by atoms with Crippen LogP contribution in [0.25, 0.3) is 11.3 Å². The van der Waals surface area contributed by atoms with Crippen molar-refractivity contribution >= 4 is 11.7 Å². The maximum absolute atomic E-state index is 11.3. The highest BCUT2D eigenvalue weighted by atomic mass is 16.4. The van der Waals surface area contributed by atoms with E-state index >= 15 is 0 Å². The van der Waals surface area contributed by atoms with Crippen molar-refractivity contribution < 1.29 is 9.90 Å². The number of rotatable bonds is 6. The van der Waals surface area contributed by atoms with Crippen LogP contribution in [0, 0.1) is 6.92 Å². The Morgan fingerprint density at radius 3 is 2.76 bits per heavy atom. The minimum absolute atomic E-state index is 0.0326. The van der Waals surface area contributed by atoms with Crippen LogP contribution in [0.4, 0.5) is 5.69 Å². The quantitative estimate of drug-likeness (QED) is 0.629. The first-order valence-electron chi connectivity index (χ1n) is 7.07. The Labute approximate surface area is 123 Å². The predicted molar refractivity (Wildman–Crippen MR) is 81.1 cm³/mol. The number of nitrogens with two attached hydrogens (primary N) is 1. The Kier molecular flexibility index (Phi) is 4.57. The smallest absolute Gasteiger partial charge is 0.358 e. The van der Waals surface area contributed by atoms with E-state index in [0.29, 0.717) is 17.9 Å². The molecule has 6 heteroatoms. The third-order valence-electron chi connectivity index (χ3n) is 3.46. The molecule has 2 aromatic rings. The highest BCUT2D eigenvalue weighted by Gasteiger charge is 2.20. The predicted octanol–water partition coefficient (Wildman–Crippen LogP) is 2.72. The third kappa shape index (κ3) is 3.21. The second-order valence-electron chi connectivity index (χ2n) is 5.09.